The summed E-state index contributed by atoms with van der Waals surface area (Å²) in [5.41, 5.74) is 1.07. The van der Waals surface area contributed by atoms with Gasteiger partial charge in [-0.15, -0.1) is 0 Å². The lowest BCUT2D eigenvalue weighted by atomic mass is 10.1. The number of amides is 2. The summed E-state index contributed by atoms with van der Waals surface area (Å²) in [6.45, 7) is 2.69. The third kappa shape index (κ3) is 5.36. The third-order valence-corrected chi connectivity index (χ3v) is 7.96. The van der Waals surface area contributed by atoms with Crippen LogP contribution in [0.2, 0.25) is 5.02 Å². The number of aliphatic hydroxyl groups excluding tert-OH is 1. The number of nitrogens with zero attached hydrogens (tertiary/aromatic N) is 6. The Morgan fingerprint density at radius 1 is 1.00 bits per heavy atom. The number of hydrogen-bond donors (Lipinski definition) is 1. The molecule has 6 rings (SSSR count). The normalized spacial score (nSPS) is 22.1. The van der Waals surface area contributed by atoms with Gasteiger partial charge in [0, 0.05) is 60.9 Å². The number of β-amino-alcohol motifs (C(OH)–C–C–N with tert-alkyl or cyclic N) is 1. The van der Waals surface area contributed by atoms with Gasteiger partial charge < -0.3 is 19.6 Å². The molecule has 3 fully saturated rings. The van der Waals surface area contributed by atoms with E-state index in [2.05, 4.69) is 14.9 Å². The maximum Gasteiger partial charge on any atom is 0.451 e. The summed E-state index contributed by atoms with van der Waals surface area (Å²) in [4.78, 5) is 39.4. The summed E-state index contributed by atoms with van der Waals surface area (Å²) in [6.07, 6.45) is -6.17. The van der Waals surface area contributed by atoms with Crippen molar-refractivity contribution in [3.63, 3.8) is 0 Å². The van der Waals surface area contributed by atoms with Crippen LogP contribution in [0.4, 0.5) is 29.5 Å². The second kappa shape index (κ2) is 10.6. The minimum Gasteiger partial charge on any atom is -0.447 e. The summed E-state index contributed by atoms with van der Waals surface area (Å²) in [6, 6.07) is 10.8. The van der Waals surface area contributed by atoms with Gasteiger partial charge in [-0.25, -0.2) is 14.8 Å². The number of ether oxygens (including phenoxy) is 1. The maximum atomic E-state index is 13.7. The van der Waals surface area contributed by atoms with Crippen LogP contribution in [0.5, 0.6) is 0 Å². The number of aromatic nitrogens is 2. The van der Waals surface area contributed by atoms with Gasteiger partial charge in [0.05, 0.1) is 24.2 Å². The molecule has 0 radical (unpaired) electrons. The second-order valence-corrected chi connectivity index (χ2v) is 10.6. The summed E-state index contributed by atoms with van der Waals surface area (Å²) in [5, 5.41) is 11.9. The van der Waals surface area contributed by atoms with Crippen LogP contribution in [0.3, 0.4) is 0 Å². The van der Waals surface area contributed by atoms with Crippen molar-refractivity contribution < 1.29 is 32.6 Å². The molecule has 0 spiro atoms. The van der Waals surface area contributed by atoms with Crippen LogP contribution in [0, 0.1) is 0 Å². The number of carbonyl (C=O) groups excluding carboxylic acids is 2. The molecule has 14 heteroatoms. The zero-order valence-electron chi connectivity index (χ0n) is 21.7. The summed E-state index contributed by atoms with van der Waals surface area (Å²) in [5.74, 6) is -1.35. The van der Waals surface area contributed by atoms with E-state index in [1.54, 1.807) is 40.1 Å². The molecule has 10 nitrogen and oxygen atoms in total. The summed E-state index contributed by atoms with van der Waals surface area (Å²) in [7, 11) is 0. The first-order valence-corrected chi connectivity index (χ1v) is 13.5. The minimum absolute atomic E-state index is 0.0369. The van der Waals surface area contributed by atoms with Crippen molar-refractivity contribution in [1.82, 2.24) is 19.8 Å². The van der Waals surface area contributed by atoms with Gasteiger partial charge in [-0.2, -0.15) is 13.2 Å². The molecule has 3 aliphatic heterocycles. The van der Waals surface area contributed by atoms with E-state index in [9.17, 15) is 27.9 Å². The molecule has 0 aliphatic carbocycles. The molecule has 4 heterocycles. The molecular formula is C27H26ClF3N6O4. The predicted octanol–water partition coefficient (Wildman–Crippen LogP) is 3.27. The van der Waals surface area contributed by atoms with E-state index < -0.39 is 24.2 Å². The Morgan fingerprint density at radius 3 is 2.39 bits per heavy atom. The molecule has 2 atom stereocenters. The Labute approximate surface area is 237 Å². The highest BCUT2D eigenvalue weighted by Crippen LogP contribution is 2.36. The van der Waals surface area contributed by atoms with E-state index in [0.717, 1.165) is 0 Å². The molecule has 1 aromatic heterocycles. The third-order valence-electron chi connectivity index (χ3n) is 7.71. The van der Waals surface area contributed by atoms with E-state index in [1.165, 1.54) is 17.0 Å². The van der Waals surface area contributed by atoms with Gasteiger partial charge in [0.25, 0.3) is 5.91 Å². The lowest BCUT2D eigenvalue weighted by Gasteiger charge is -2.38. The zero-order valence-corrected chi connectivity index (χ0v) is 22.5. The summed E-state index contributed by atoms with van der Waals surface area (Å²) < 4.78 is 46.2. The highest BCUT2D eigenvalue weighted by Gasteiger charge is 2.41. The fraction of sp³-hybridized carbons (Fsp3) is 0.407. The fourth-order valence-corrected chi connectivity index (χ4v) is 5.72. The first kappa shape index (κ1) is 27.5. The average Bonchev–Trinajstić information content (AvgIpc) is 3.57. The maximum absolute atomic E-state index is 13.7. The van der Waals surface area contributed by atoms with Gasteiger partial charge in [0.15, 0.2) is 0 Å². The minimum atomic E-state index is -4.77. The Balaban J connectivity index is 1.23. The highest BCUT2D eigenvalue weighted by atomic mass is 35.5. The number of carbonyl (C=O) groups is 2. The number of rotatable bonds is 4. The quantitative estimate of drug-likeness (QED) is 0.494. The van der Waals surface area contributed by atoms with Crippen LogP contribution in [0.15, 0.2) is 42.5 Å². The molecule has 3 aliphatic rings. The number of benzene rings is 2. The second-order valence-electron chi connectivity index (χ2n) is 10.2. The predicted molar refractivity (Wildman–Crippen MR) is 144 cm³/mol. The zero-order chi connectivity index (χ0) is 28.9. The molecule has 1 N–H and O–H groups in total. The van der Waals surface area contributed by atoms with Crippen LogP contribution in [0.25, 0.3) is 10.9 Å². The topological polar surface area (TPSA) is 102 Å². The fourth-order valence-electron chi connectivity index (χ4n) is 5.60. The van der Waals surface area contributed by atoms with Gasteiger partial charge in [-0.05, 0) is 42.5 Å². The molecule has 0 unspecified atom stereocenters. The standard InChI is InChI=1S/C27H26ClF3N6O4/c28-17-3-1-16(2-4-17)24(39)35-9-7-34(8-10-35)21-14-36(15-22(21)38)23-19-13-18(37-11-12-41-26(37)40)5-6-20(19)32-25(33-23)27(29,30)31/h1-6,13,21-22,38H,7-12,14-15H2/t21-,22-/m1/s1. The van der Waals surface area contributed by atoms with Gasteiger partial charge in [-0.1, -0.05) is 11.6 Å². The number of piperazine rings is 1. The Hall–Kier alpha value is -3.68. The van der Waals surface area contributed by atoms with Gasteiger partial charge in [0.1, 0.15) is 12.4 Å². The average molecular weight is 591 g/mol. The van der Waals surface area contributed by atoms with Crippen molar-refractivity contribution >= 4 is 46.0 Å². The van der Waals surface area contributed by atoms with E-state index in [4.69, 9.17) is 16.3 Å². The lowest BCUT2D eigenvalue weighted by Crippen LogP contribution is -2.54. The molecule has 41 heavy (non-hydrogen) atoms. The van der Waals surface area contributed by atoms with Crippen LogP contribution in [-0.2, 0) is 10.9 Å². The molecule has 216 valence electrons. The van der Waals surface area contributed by atoms with Gasteiger partial charge in [0.2, 0.25) is 5.82 Å². The number of cyclic esters (lactones) is 1. The van der Waals surface area contributed by atoms with Crippen molar-refractivity contribution in [2.45, 2.75) is 18.3 Å². The van der Waals surface area contributed by atoms with Crippen molar-refractivity contribution in [3.8, 4) is 0 Å². The van der Waals surface area contributed by atoms with E-state index in [-0.39, 0.29) is 43.0 Å². The smallest absolute Gasteiger partial charge is 0.447 e. The van der Waals surface area contributed by atoms with Crippen molar-refractivity contribution in [1.29, 1.82) is 0 Å². The molecule has 2 aromatic carbocycles. The molecule has 0 saturated carbocycles. The molecule has 3 aromatic rings. The number of hydrogen-bond acceptors (Lipinski definition) is 8. The van der Waals surface area contributed by atoms with E-state index in [1.807, 2.05) is 0 Å². The summed E-state index contributed by atoms with van der Waals surface area (Å²) >= 11 is 5.93. The molecule has 0 bridgehead atoms. The highest BCUT2D eigenvalue weighted by molar-refractivity contribution is 6.30. The van der Waals surface area contributed by atoms with Crippen molar-refractivity contribution in [3.05, 3.63) is 58.9 Å². The van der Waals surface area contributed by atoms with Gasteiger partial charge in [-0.3, -0.25) is 14.6 Å². The largest absolute Gasteiger partial charge is 0.451 e. The van der Waals surface area contributed by atoms with E-state index in [0.29, 0.717) is 54.4 Å². The number of halogens is 4. The van der Waals surface area contributed by atoms with Crippen LogP contribution in [0.1, 0.15) is 16.2 Å². The van der Waals surface area contributed by atoms with Gasteiger partial charge >= 0.3 is 12.3 Å². The first-order valence-electron chi connectivity index (χ1n) is 13.1. The van der Waals surface area contributed by atoms with Crippen LogP contribution < -0.4 is 9.80 Å². The Bertz CT molecular complexity index is 1480. The van der Waals surface area contributed by atoms with Crippen LogP contribution >= 0.6 is 11.6 Å². The Kier molecular flexibility index (Phi) is 7.12. The monoisotopic (exact) mass is 590 g/mol. The number of aliphatic hydroxyl groups is 1. The van der Waals surface area contributed by atoms with E-state index >= 15 is 0 Å². The van der Waals surface area contributed by atoms with Crippen molar-refractivity contribution in [2.24, 2.45) is 0 Å². The molecular weight excluding hydrogens is 565 g/mol. The SMILES string of the molecule is O=C(c1ccc(Cl)cc1)N1CCN([C@@H]2CN(c3nc(C(F)(F)F)nc4ccc(N5CCOC5=O)cc34)C[C@H]2O)CC1. The number of fused-ring (bicyclic) bond motifs is 1. The number of anilines is 2. The lowest BCUT2D eigenvalue weighted by molar-refractivity contribution is -0.144. The number of alkyl halides is 3. The first-order chi connectivity index (χ1) is 19.6. The molecule has 2 amide bonds. The molecule has 3 saturated heterocycles. The Morgan fingerprint density at radius 2 is 1.73 bits per heavy atom. The van der Waals surface area contributed by atoms with Crippen molar-refractivity contribution in [2.75, 3.05) is 62.2 Å². The van der Waals surface area contributed by atoms with Crippen LogP contribution in [-0.4, -0.2) is 101 Å².